The summed E-state index contributed by atoms with van der Waals surface area (Å²) in [7, 11) is 0. The molecule has 0 saturated heterocycles. The van der Waals surface area contributed by atoms with E-state index in [0.29, 0.717) is 0 Å². The van der Waals surface area contributed by atoms with Gasteiger partial charge in [-0.1, -0.05) is 6.92 Å². The molecule has 0 atom stereocenters. The van der Waals surface area contributed by atoms with Crippen molar-refractivity contribution < 1.29 is 0 Å². The summed E-state index contributed by atoms with van der Waals surface area (Å²) in [6, 6.07) is 0. The number of aryl methyl sites for hydroxylation is 1. The molecule has 0 fully saturated rings. The second kappa shape index (κ2) is 6.50. The quantitative estimate of drug-likeness (QED) is 0.879. The minimum absolute atomic E-state index is 0.731. The second-order valence-electron chi connectivity index (χ2n) is 4.98. The van der Waals surface area contributed by atoms with Crippen LogP contribution in [0.1, 0.15) is 42.9 Å². The summed E-state index contributed by atoms with van der Waals surface area (Å²) in [5.74, 6) is 1.94. The molecule has 2 rings (SSSR count). The molecule has 1 N–H and O–H groups in total. The first-order chi connectivity index (χ1) is 9.67. The monoisotopic (exact) mass is 273 g/mol. The summed E-state index contributed by atoms with van der Waals surface area (Å²) in [5, 5.41) is 12.0. The number of hydrogen-bond acceptors (Lipinski definition) is 4. The molecule has 0 bridgehead atoms. The van der Waals surface area contributed by atoms with Crippen LogP contribution in [0.25, 0.3) is 0 Å². The SMILES string of the molecule is CCCNc1nnc(Cc2nccn2CC)c(C)c1C. The molecule has 5 heteroatoms. The third-order valence-corrected chi connectivity index (χ3v) is 3.63. The number of imidazole rings is 1. The molecule has 20 heavy (non-hydrogen) atoms. The smallest absolute Gasteiger partial charge is 0.151 e. The van der Waals surface area contributed by atoms with E-state index >= 15 is 0 Å². The van der Waals surface area contributed by atoms with Gasteiger partial charge in [0.25, 0.3) is 0 Å². The first-order valence-electron chi connectivity index (χ1n) is 7.24. The number of hydrogen-bond donors (Lipinski definition) is 1. The Kier molecular flexibility index (Phi) is 4.71. The van der Waals surface area contributed by atoms with E-state index in [1.165, 1.54) is 11.1 Å². The molecule has 2 heterocycles. The molecule has 0 aliphatic carbocycles. The lowest BCUT2D eigenvalue weighted by Crippen LogP contribution is -2.11. The zero-order valence-corrected chi connectivity index (χ0v) is 12.8. The van der Waals surface area contributed by atoms with Crippen LogP contribution in [0, 0.1) is 13.8 Å². The van der Waals surface area contributed by atoms with Crippen molar-refractivity contribution in [1.29, 1.82) is 0 Å². The number of nitrogens with zero attached hydrogens (tertiary/aromatic N) is 4. The van der Waals surface area contributed by atoms with Crippen molar-refractivity contribution >= 4 is 5.82 Å². The van der Waals surface area contributed by atoms with E-state index in [-0.39, 0.29) is 0 Å². The van der Waals surface area contributed by atoms with Crippen LogP contribution in [0.4, 0.5) is 5.82 Å². The van der Waals surface area contributed by atoms with Gasteiger partial charge in [0.1, 0.15) is 5.82 Å². The minimum Gasteiger partial charge on any atom is -0.368 e. The molecular formula is C15H23N5. The molecule has 0 saturated carbocycles. The van der Waals surface area contributed by atoms with E-state index in [9.17, 15) is 0 Å². The Morgan fingerprint density at radius 1 is 1.15 bits per heavy atom. The van der Waals surface area contributed by atoms with Crippen molar-refractivity contribution in [3.63, 3.8) is 0 Å². The molecule has 0 spiro atoms. The maximum Gasteiger partial charge on any atom is 0.151 e. The van der Waals surface area contributed by atoms with Crippen LogP contribution in [0.5, 0.6) is 0 Å². The van der Waals surface area contributed by atoms with Crippen LogP contribution in [-0.4, -0.2) is 26.3 Å². The van der Waals surface area contributed by atoms with Crippen LogP contribution in [0.3, 0.4) is 0 Å². The van der Waals surface area contributed by atoms with Crippen LogP contribution >= 0.6 is 0 Å². The summed E-state index contributed by atoms with van der Waals surface area (Å²) in [6.07, 6.45) is 5.65. The zero-order chi connectivity index (χ0) is 14.5. The summed E-state index contributed by atoms with van der Waals surface area (Å²) < 4.78 is 2.14. The van der Waals surface area contributed by atoms with Gasteiger partial charge in [-0.05, 0) is 38.3 Å². The van der Waals surface area contributed by atoms with Gasteiger partial charge in [0, 0.05) is 25.5 Å². The van der Waals surface area contributed by atoms with Gasteiger partial charge in [-0.15, -0.1) is 5.10 Å². The van der Waals surface area contributed by atoms with E-state index in [1.807, 2.05) is 12.4 Å². The Balaban J connectivity index is 2.23. The lowest BCUT2D eigenvalue weighted by Gasteiger charge is -2.12. The number of anilines is 1. The van der Waals surface area contributed by atoms with Gasteiger partial charge in [0.2, 0.25) is 0 Å². The highest BCUT2D eigenvalue weighted by Gasteiger charge is 2.12. The lowest BCUT2D eigenvalue weighted by atomic mass is 10.1. The van der Waals surface area contributed by atoms with Crippen LogP contribution in [0.2, 0.25) is 0 Å². The molecule has 5 nitrogen and oxygen atoms in total. The van der Waals surface area contributed by atoms with Gasteiger partial charge >= 0.3 is 0 Å². The van der Waals surface area contributed by atoms with Crippen molar-refractivity contribution in [3.05, 3.63) is 35.0 Å². The fourth-order valence-electron chi connectivity index (χ4n) is 2.18. The summed E-state index contributed by atoms with van der Waals surface area (Å²) in [6.45, 7) is 10.3. The van der Waals surface area contributed by atoms with Gasteiger partial charge in [0.05, 0.1) is 12.1 Å². The molecule has 0 amide bonds. The van der Waals surface area contributed by atoms with Gasteiger partial charge in [0.15, 0.2) is 5.82 Å². The van der Waals surface area contributed by atoms with Crippen molar-refractivity contribution in [2.24, 2.45) is 0 Å². The normalized spacial score (nSPS) is 10.8. The minimum atomic E-state index is 0.731. The van der Waals surface area contributed by atoms with Crippen molar-refractivity contribution in [3.8, 4) is 0 Å². The van der Waals surface area contributed by atoms with Gasteiger partial charge < -0.3 is 9.88 Å². The van der Waals surface area contributed by atoms with E-state index in [2.05, 4.69) is 52.8 Å². The topological polar surface area (TPSA) is 55.6 Å². The van der Waals surface area contributed by atoms with Crippen LogP contribution in [-0.2, 0) is 13.0 Å². The maximum absolute atomic E-state index is 4.40. The first kappa shape index (κ1) is 14.5. The van der Waals surface area contributed by atoms with E-state index in [1.54, 1.807) is 0 Å². The lowest BCUT2D eigenvalue weighted by molar-refractivity contribution is 0.703. The third kappa shape index (κ3) is 2.98. The summed E-state index contributed by atoms with van der Waals surface area (Å²) in [4.78, 5) is 4.40. The summed E-state index contributed by atoms with van der Waals surface area (Å²) >= 11 is 0. The maximum atomic E-state index is 4.40. The van der Waals surface area contributed by atoms with Crippen molar-refractivity contribution in [2.75, 3.05) is 11.9 Å². The van der Waals surface area contributed by atoms with E-state index < -0.39 is 0 Å². The molecular weight excluding hydrogens is 250 g/mol. The molecule has 2 aromatic heterocycles. The molecule has 2 aromatic rings. The van der Waals surface area contributed by atoms with E-state index in [0.717, 1.165) is 43.3 Å². The first-order valence-corrected chi connectivity index (χ1v) is 7.24. The molecule has 0 unspecified atom stereocenters. The van der Waals surface area contributed by atoms with Gasteiger partial charge in [-0.25, -0.2) is 4.98 Å². The number of nitrogens with one attached hydrogen (secondary N) is 1. The number of aromatic nitrogens is 4. The Bertz CT molecular complexity index is 574. The Hall–Kier alpha value is -1.91. The molecule has 0 aromatic carbocycles. The Morgan fingerprint density at radius 2 is 1.95 bits per heavy atom. The Labute approximate surface area is 120 Å². The molecule has 108 valence electrons. The van der Waals surface area contributed by atoms with Crippen LogP contribution in [0.15, 0.2) is 12.4 Å². The van der Waals surface area contributed by atoms with Gasteiger partial charge in [-0.2, -0.15) is 5.10 Å². The molecule has 0 aliphatic rings. The standard InChI is InChI=1S/C15H23N5/c1-5-7-17-15-12(4)11(3)13(18-19-15)10-14-16-8-9-20(14)6-2/h8-9H,5-7,10H2,1-4H3,(H,17,19). The predicted molar refractivity (Wildman–Crippen MR) is 81.0 cm³/mol. The average molecular weight is 273 g/mol. The Morgan fingerprint density at radius 3 is 2.65 bits per heavy atom. The van der Waals surface area contributed by atoms with Crippen LogP contribution < -0.4 is 5.32 Å². The highest BCUT2D eigenvalue weighted by Crippen LogP contribution is 2.19. The third-order valence-electron chi connectivity index (χ3n) is 3.63. The van der Waals surface area contributed by atoms with E-state index in [4.69, 9.17) is 0 Å². The predicted octanol–water partition coefficient (Wildman–Crippen LogP) is 2.72. The average Bonchev–Trinajstić information content (AvgIpc) is 2.90. The van der Waals surface area contributed by atoms with Gasteiger partial charge in [-0.3, -0.25) is 0 Å². The summed E-state index contributed by atoms with van der Waals surface area (Å²) in [5.41, 5.74) is 3.38. The fraction of sp³-hybridized carbons (Fsp3) is 0.533. The van der Waals surface area contributed by atoms with Crippen molar-refractivity contribution in [2.45, 2.75) is 47.1 Å². The highest BCUT2D eigenvalue weighted by molar-refractivity contribution is 5.47. The number of rotatable bonds is 6. The molecule has 0 radical (unpaired) electrons. The highest BCUT2D eigenvalue weighted by atomic mass is 15.2. The molecule has 0 aliphatic heterocycles. The second-order valence-corrected chi connectivity index (χ2v) is 4.98. The fourth-order valence-corrected chi connectivity index (χ4v) is 2.18. The zero-order valence-electron chi connectivity index (χ0n) is 12.8. The van der Waals surface area contributed by atoms with Crippen molar-refractivity contribution in [1.82, 2.24) is 19.7 Å². The largest absolute Gasteiger partial charge is 0.368 e.